The Morgan fingerprint density at radius 2 is 2.00 bits per heavy atom. The van der Waals surface area contributed by atoms with Crippen molar-refractivity contribution < 1.29 is 14.3 Å². The van der Waals surface area contributed by atoms with Crippen LogP contribution in [0.25, 0.3) is 11.0 Å². The summed E-state index contributed by atoms with van der Waals surface area (Å²) in [6.45, 7) is 3.39. The van der Waals surface area contributed by atoms with E-state index in [0.29, 0.717) is 5.76 Å². The van der Waals surface area contributed by atoms with Crippen molar-refractivity contribution in [1.29, 1.82) is 0 Å². The molecule has 0 saturated carbocycles. The summed E-state index contributed by atoms with van der Waals surface area (Å²) in [7, 11) is 1.61. The lowest BCUT2D eigenvalue weighted by Gasteiger charge is -2.12. The Kier molecular flexibility index (Phi) is 2.20. The van der Waals surface area contributed by atoms with E-state index in [4.69, 9.17) is 9.15 Å². The molecule has 3 heteroatoms. The average molecular weight is 206 g/mol. The number of aliphatic hydroxyl groups is 1. The van der Waals surface area contributed by atoms with Crippen LogP contribution < -0.4 is 4.74 Å². The summed E-state index contributed by atoms with van der Waals surface area (Å²) in [5.74, 6) is 1.31. The number of furan rings is 1. The predicted octanol–water partition coefficient (Wildman–Crippen LogP) is 2.67. The molecule has 0 aliphatic heterocycles. The Labute approximate surface area is 88.3 Å². The van der Waals surface area contributed by atoms with Gasteiger partial charge in [-0.1, -0.05) is 0 Å². The predicted molar refractivity (Wildman–Crippen MR) is 58.0 cm³/mol. The van der Waals surface area contributed by atoms with Crippen molar-refractivity contribution >= 4 is 11.0 Å². The monoisotopic (exact) mass is 206 g/mol. The van der Waals surface area contributed by atoms with E-state index in [-0.39, 0.29) is 0 Å². The third kappa shape index (κ3) is 1.83. The van der Waals surface area contributed by atoms with Gasteiger partial charge in [-0.15, -0.1) is 0 Å². The molecule has 0 spiro atoms. The molecule has 80 valence electrons. The first-order valence-electron chi connectivity index (χ1n) is 4.81. The van der Waals surface area contributed by atoms with Crippen molar-refractivity contribution in [1.82, 2.24) is 0 Å². The lowest BCUT2D eigenvalue weighted by atomic mass is 10.1. The average Bonchev–Trinajstić information content (AvgIpc) is 2.59. The Bertz CT molecular complexity index is 477. The van der Waals surface area contributed by atoms with Crippen molar-refractivity contribution in [3.8, 4) is 5.75 Å². The van der Waals surface area contributed by atoms with Crippen LogP contribution in [0, 0.1) is 0 Å². The highest BCUT2D eigenvalue weighted by atomic mass is 16.5. The van der Waals surface area contributed by atoms with Gasteiger partial charge in [-0.2, -0.15) is 0 Å². The Hall–Kier alpha value is -1.48. The Balaban J connectivity index is 2.56. The molecule has 0 unspecified atom stereocenters. The van der Waals surface area contributed by atoms with Crippen LogP contribution in [0.4, 0.5) is 0 Å². The van der Waals surface area contributed by atoms with Gasteiger partial charge in [0, 0.05) is 11.5 Å². The number of ether oxygens (including phenoxy) is 1. The van der Waals surface area contributed by atoms with Gasteiger partial charge >= 0.3 is 0 Å². The first-order chi connectivity index (χ1) is 7.00. The van der Waals surface area contributed by atoms with E-state index >= 15 is 0 Å². The second-order valence-electron chi connectivity index (χ2n) is 4.07. The molecule has 15 heavy (non-hydrogen) atoms. The van der Waals surface area contributed by atoms with E-state index in [1.165, 1.54) is 0 Å². The number of hydrogen-bond donors (Lipinski definition) is 1. The van der Waals surface area contributed by atoms with Crippen LogP contribution in [0.3, 0.4) is 0 Å². The molecule has 0 aliphatic carbocycles. The molecule has 0 bridgehead atoms. The van der Waals surface area contributed by atoms with Crippen LogP contribution in [-0.4, -0.2) is 12.2 Å². The molecule has 0 atom stereocenters. The minimum absolute atomic E-state index is 0.561. The van der Waals surface area contributed by atoms with E-state index in [2.05, 4.69) is 0 Å². The topological polar surface area (TPSA) is 42.6 Å². The lowest BCUT2D eigenvalue weighted by molar-refractivity contribution is 0.0559. The zero-order valence-electron chi connectivity index (χ0n) is 9.07. The largest absolute Gasteiger partial charge is 0.497 e. The Morgan fingerprint density at radius 1 is 1.27 bits per heavy atom. The number of hydrogen-bond acceptors (Lipinski definition) is 3. The second kappa shape index (κ2) is 3.28. The molecule has 0 aliphatic rings. The summed E-state index contributed by atoms with van der Waals surface area (Å²) in [6.07, 6.45) is 0. The highest BCUT2D eigenvalue weighted by molar-refractivity contribution is 5.79. The fourth-order valence-electron chi connectivity index (χ4n) is 1.44. The van der Waals surface area contributed by atoms with Crippen LogP contribution in [0.15, 0.2) is 28.7 Å². The van der Waals surface area contributed by atoms with Crippen LogP contribution in [0.2, 0.25) is 0 Å². The first-order valence-corrected chi connectivity index (χ1v) is 4.81. The minimum Gasteiger partial charge on any atom is -0.497 e. The van der Waals surface area contributed by atoms with Crippen molar-refractivity contribution in [2.75, 3.05) is 7.11 Å². The first kappa shape index (κ1) is 10.1. The van der Waals surface area contributed by atoms with Crippen LogP contribution in [-0.2, 0) is 5.60 Å². The van der Waals surface area contributed by atoms with Gasteiger partial charge in [-0.3, -0.25) is 0 Å². The minimum atomic E-state index is -0.952. The highest BCUT2D eigenvalue weighted by Gasteiger charge is 2.20. The molecule has 1 aromatic carbocycles. The number of fused-ring (bicyclic) bond motifs is 1. The maximum absolute atomic E-state index is 9.79. The summed E-state index contributed by atoms with van der Waals surface area (Å²) in [6, 6.07) is 7.43. The molecule has 2 aromatic rings. The third-order valence-electron chi connectivity index (χ3n) is 2.33. The zero-order valence-corrected chi connectivity index (χ0v) is 9.07. The number of methoxy groups -OCH3 is 1. The van der Waals surface area contributed by atoms with Gasteiger partial charge < -0.3 is 14.3 Å². The summed E-state index contributed by atoms with van der Waals surface area (Å²) in [5.41, 5.74) is -0.224. The summed E-state index contributed by atoms with van der Waals surface area (Å²) >= 11 is 0. The van der Waals surface area contributed by atoms with Crippen molar-refractivity contribution in [3.63, 3.8) is 0 Å². The normalized spacial score (nSPS) is 12.0. The van der Waals surface area contributed by atoms with E-state index in [0.717, 1.165) is 16.7 Å². The van der Waals surface area contributed by atoms with E-state index < -0.39 is 5.60 Å². The molecule has 3 nitrogen and oxygen atoms in total. The third-order valence-corrected chi connectivity index (χ3v) is 2.33. The maximum Gasteiger partial charge on any atom is 0.138 e. The summed E-state index contributed by atoms with van der Waals surface area (Å²) in [4.78, 5) is 0. The molecular formula is C12H14O3. The van der Waals surface area contributed by atoms with Crippen molar-refractivity contribution in [2.45, 2.75) is 19.4 Å². The second-order valence-corrected chi connectivity index (χ2v) is 4.07. The van der Waals surface area contributed by atoms with Crippen molar-refractivity contribution in [2.24, 2.45) is 0 Å². The fraction of sp³-hybridized carbons (Fsp3) is 0.333. The SMILES string of the molecule is COc1ccc2cc(C(C)(C)O)oc2c1. The number of rotatable bonds is 2. The van der Waals surface area contributed by atoms with Gasteiger partial charge in [0.2, 0.25) is 0 Å². The molecule has 0 radical (unpaired) electrons. The molecule has 1 heterocycles. The van der Waals surface area contributed by atoms with Gasteiger partial charge in [0.15, 0.2) is 0 Å². The van der Waals surface area contributed by atoms with Crippen molar-refractivity contribution in [3.05, 3.63) is 30.0 Å². The lowest BCUT2D eigenvalue weighted by Crippen LogP contribution is -2.13. The molecular weight excluding hydrogens is 192 g/mol. The smallest absolute Gasteiger partial charge is 0.138 e. The highest BCUT2D eigenvalue weighted by Crippen LogP contribution is 2.29. The van der Waals surface area contributed by atoms with E-state index in [1.807, 2.05) is 24.3 Å². The molecule has 1 N–H and O–H groups in total. The standard InChI is InChI=1S/C12H14O3/c1-12(2,13)11-6-8-4-5-9(14-3)7-10(8)15-11/h4-7,13H,1-3H3. The van der Waals surface area contributed by atoms with Crippen LogP contribution in [0.1, 0.15) is 19.6 Å². The molecule has 1 aromatic heterocycles. The van der Waals surface area contributed by atoms with Gasteiger partial charge in [0.05, 0.1) is 7.11 Å². The van der Waals surface area contributed by atoms with Crippen LogP contribution >= 0.6 is 0 Å². The molecule has 0 amide bonds. The van der Waals surface area contributed by atoms with Gasteiger partial charge in [-0.05, 0) is 32.0 Å². The summed E-state index contributed by atoms with van der Waals surface area (Å²) < 4.78 is 10.6. The molecule has 0 fully saturated rings. The fourth-order valence-corrected chi connectivity index (χ4v) is 1.44. The van der Waals surface area contributed by atoms with Crippen LogP contribution in [0.5, 0.6) is 5.75 Å². The maximum atomic E-state index is 9.79. The summed E-state index contributed by atoms with van der Waals surface area (Å²) in [5, 5.41) is 10.8. The Morgan fingerprint density at radius 3 is 2.60 bits per heavy atom. The van der Waals surface area contributed by atoms with Gasteiger partial charge in [0.25, 0.3) is 0 Å². The molecule has 0 saturated heterocycles. The van der Waals surface area contributed by atoms with Gasteiger partial charge in [0.1, 0.15) is 22.7 Å². The van der Waals surface area contributed by atoms with Gasteiger partial charge in [-0.25, -0.2) is 0 Å². The van der Waals surface area contributed by atoms with E-state index in [9.17, 15) is 5.11 Å². The zero-order chi connectivity index (χ0) is 11.1. The number of benzene rings is 1. The van der Waals surface area contributed by atoms with E-state index in [1.54, 1.807) is 21.0 Å². The quantitative estimate of drug-likeness (QED) is 0.821. The molecule has 2 rings (SSSR count).